The van der Waals surface area contributed by atoms with Crippen molar-refractivity contribution in [2.75, 3.05) is 16.8 Å². The highest BCUT2D eigenvalue weighted by Gasteiger charge is 2.33. The number of benzene rings is 2. The summed E-state index contributed by atoms with van der Waals surface area (Å²) < 4.78 is 5.63. The molecule has 28 heavy (non-hydrogen) atoms. The van der Waals surface area contributed by atoms with Gasteiger partial charge in [-0.05, 0) is 42.0 Å². The molecule has 2 aromatic carbocycles. The summed E-state index contributed by atoms with van der Waals surface area (Å²) in [6, 6.07) is 18.9. The number of carbonyl (C=O) groups excluding carboxylic acids is 1. The molecular weight excluding hydrogens is 350 g/mol. The maximum absolute atomic E-state index is 13.3. The molecule has 0 saturated heterocycles. The van der Waals surface area contributed by atoms with Crippen LogP contribution in [0, 0.1) is 12.3 Å². The Morgan fingerprint density at radius 2 is 1.82 bits per heavy atom. The van der Waals surface area contributed by atoms with Crippen LogP contribution in [0.5, 0.6) is 5.75 Å². The van der Waals surface area contributed by atoms with Crippen molar-refractivity contribution in [3.63, 3.8) is 0 Å². The molecule has 0 bridgehead atoms. The number of pyridine rings is 1. The monoisotopic (exact) mass is 369 g/mol. The van der Waals surface area contributed by atoms with Gasteiger partial charge in [-0.25, -0.2) is 0 Å². The molecule has 0 radical (unpaired) electrons. The van der Waals surface area contributed by atoms with E-state index in [9.17, 15) is 4.79 Å². The zero-order valence-electron chi connectivity index (χ0n) is 15.2. The van der Waals surface area contributed by atoms with Crippen molar-refractivity contribution in [1.29, 1.82) is 0 Å². The topological polar surface area (TPSA) is 54.5 Å². The lowest BCUT2D eigenvalue weighted by molar-refractivity contribution is 0.0975. The van der Waals surface area contributed by atoms with Crippen molar-refractivity contribution in [3.8, 4) is 18.1 Å². The van der Waals surface area contributed by atoms with E-state index in [1.807, 2.05) is 60.7 Å². The van der Waals surface area contributed by atoms with Crippen LogP contribution in [0.1, 0.15) is 28.5 Å². The van der Waals surface area contributed by atoms with Gasteiger partial charge in [-0.3, -0.25) is 14.7 Å². The molecule has 1 aromatic heterocycles. The number of hydrogen-bond donors (Lipinski definition) is 1. The van der Waals surface area contributed by atoms with Gasteiger partial charge >= 0.3 is 0 Å². The quantitative estimate of drug-likeness (QED) is 0.539. The molecule has 0 spiro atoms. The van der Waals surface area contributed by atoms with E-state index in [1.54, 1.807) is 17.3 Å². The van der Waals surface area contributed by atoms with Crippen LogP contribution in [0.3, 0.4) is 0 Å². The number of anilines is 2. The van der Waals surface area contributed by atoms with E-state index in [2.05, 4.69) is 16.2 Å². The van der Waals surface area contributed by atoms with Gasteiger partial charge in [0.25, 0.3) is 5.91 Å². The van der Waals surface area contributed by atoms with E-state index >= 15 is 0 Å². The number of aromatic nitrogens is 1. The van der Waals surface area contributed by atoms with E-state index in [4.69, 9.17) is 11.2 Å². The molecular formula is C23H19N3O2. The molecule has 1 aliphatic rings. The molecule has 0 saturated carbocycles. The van der Waals surface area contributed by atoms with E-state index in [0.717, 1.165) is 22.7 Å². The Morgan fingerprint density at radius 1 is 1.07 bits per heavy atom. The van der Waals surface area contributed by atoms with Gasteiger partial charge < -0.3 is 10.1 Å². The molecule has 5 nitrogen and oxygen atoms in total. The first kappa shape index (κ1) is 17.6. The summed E-state index contributed by atoms with van der Waals surface area (Å²) in [6.45, 7) is 0.479. The number of carbonyl (C=O) groups is 1. The first-order chi connectivity index (χ1) is 13.8. The number of hydrogen-bond acceptors (Lipinski definition) is 4. The normalized spacial score (nSPS) is 15.3. The Morgan fingerprint density at radius 3 is 2.57 bits per heavy atom. The smallest absolute Gasteiger partial charge is 0.262 e. The number of rotatable bonds is 5. The van der Waals surface area contributed by atoms with Crippen molar-refractivity contribution < 1.29 is 9.53 Å². The van der Waals surface area contributed by atoms with E-state index in [1.165, 1.54) is 0 Å². The predicted octanol–water partition coefficient (Wildman–Crippen LogP) is 4.25. The number of nitrogens with one attached hydrogen (secondary N) is 1. The summed E-state index contributed by atoms with van der Waals surface area (Å²) in [7, 11) is 0. The SMILES string of the molecule is C#CCCOc1ccc(C2Nc3ccccc3C(=O)N2c2ccncc2)cc1. The summed E-state index contributed by atoms with van der Waals surface area (Å²) in [6.07, 6.45) is 8.84. The minimum atomic E-state index is -0.343. The zero-order valence-corrected chi connectivity index (χ0v) is 15.2. The van der Waals surface area contributed by atoms with Crippen molar-refractivity contribution >= 4 is 17.3 Å². The summed E-state index contributed by atoms with van der Waals surface area (Å²) in [5.41, 5.74) is 3.19. The van der Waals surface area contributed by atoms with Crippen molar-refractivity contribution in [2.24, 2.45) is 0 Å². The first-order valence-corrected chi connectivity index (χ1v) is 9.03. The maximum atomic E-state index is 13.3. The lowest BCUT2D eigenvalue weighted by Gasteiger charge is -2.38. The Labute approximate surface area is 164 Å². The minimum Gasteiger partial charge on any atom is -0.493 e. The number of fused-ring (bicyclic) bond motifs is 1. The van der Waals surface area contributed by atoms with Crippen LogP contribution in [0.2, 0.25) is 0 Å². The number of terminal acetylenes is 1. The summed E-state index contributed by atoms with van der Waals surface area (Å²) >= 11 is 0. The van der Waals surface area contributed by atoms with Gasteiger partial charge in [-0.2, -0.15) is 0 Å². The Kier molecular flexibility index (Phi) is 4.94. The van der Waals surface area contributed by atoms with E-state index in [0.29, 0.717) is 18.6 Å². The second-order valence-electron chi connectivity index (χ2n) is 6.34. The molecule has 1 atom stereocenters. The fourth-order valence-corrected chi connectivity index (χ4v) is 3.23. The second-order valence-corrected chi connectivity index (χ2v) is 6.34. The summed E-state index contributed by atoms with van der Waals surface area (Å²) in [5.74, 6) is 3.25. The molecule has 1 N–H and O–H groups in total. The third-order valence-electron chi connectivity index (χ3n) is 4.58. The van der Waals surface area contributed by atoms with Gasteiger partial charge in [0.1, 0.15) is 11.9 Å². The highest BCUT2D eigenvalue weighted by molar-refractivity contribution is 6.12. The Bertz CT molecular complexity index is 1010. The predicted molar refractivity (Wildman–Crippen MR) is 109 cm³/mol. The molecule has 1 amide bonds. The third kappa shape index (κ3) is 3.40. The van der Waals surface area contributed by atoms with Crippen molar-refractivity contribution in [1.82, 2.24) is 4.98 Å². The van der Waals surface area contributed by atoms with Gasteiger partial charge in [0, 0.05) is 30.2 Å². The summed E-state index contributed by atoms with van der Waals surface area (Å²) in [5, 5.41) is 3.48. The molecule has 1 unspecified atom stereocenters. The van der Waals surface area contributed by atoms with Gasteiger partial charge in [0.2, 0.25) is 0 Å². The molecule has 1 aliphatic heterocycles. The highest BCUT2D eigenvalue weighted by Crippen LogP contribution is 2.36. The lowest BCUT2D eigenvalue weighted by Crippen LogP contribution is -2.43. The minimum absolute atomic E-state index is 0.0557. The molecule has 5 heteroatoms. The second kappa shape index (κ2) is 7.85. The molecule has 4 rings (SSSR count). The Hall–Kier alpha value is -3.78. The number of nitrogens with zero attached hydrogens (tertiary/aromatic N) is 2. The number of ether oxygens (including phenoxy) is 1. The molecule has 2 heterocycles. The molecule has 138 valence electrons. The van der Waals surface area contributed by atoms with Gasteiger partial charge in [-0.15, -0.1) is 12.3 Å². The van der Waals surface area contributed by atoms with Gasteiger partial charge in [-0.1, -0.05) is 24.3 Å². The average molecular weight is 369 g/mol. The summed E-state index contributed by atoms with van der Waals surface area (Å²) in [4.78, 5) is 19.1. The maximum Gasteiger partial charge on any atom is 0.262 e. The molecule has 0 fully saturated rings. The lowest BCUT2D eigenvalue weighted by atomic mass is 10.0. The average Bonchev–Trinajstić information content (AvgIpc) is 2.75. The third-order valence-corrected chi connectivity index (χ3v) is 4.58. The van der Waals surface area contributed by atoms with Crippen LogP contribution in [0.15, 0.2) is 73.1 Å². The number of amides is 1. The van der Waals surface area contributed by atoms with E-state index < -0.39 is 0 Å². The zero-order chi connectivity index (χ0) is 19.3. The van der Waals surface area contributed by atoms with E-state index in [-0.39, 0.29) is 12.1 Å². The van der Waals surface area contributed by atoms with Gasteiger partial charge in [0.05, 0.1) is 12.2 Å². The van der Waals surface area contributed by atoms with Crippen LogP contribution >= 0.6 is 0 Å². The van der Waals surface area contributed by atoms with Crippen LogP contribution in [-0.2, 0) is 0 Å². The first-order valence-electron chi connectivity index (χ1n) is 9.03. The van der Waals surface area contributed by atoms with Crippen LogP contribution in [0.4, 0.5) is 11.4 Å². The largest absolute Gasteiger partial charge is 0.493 e. The van der Waals surface area contributed by atoms with Crippen LogP contribution < -0.4 is 15.0 Å². The number of para-hydroxylation sites is 1. The van der Waals surface area contributed by atoms with Crippen molar-refractivity contribution in [2.45, 2.75) is 12.6 Å². The van der Waals surface area contributed by atoms with Crippen LogP contribution in [0.25, 0.3) is 0 Å². The van der Waals surface area contributed by atoms with Crippen LogP contribution in [-0.4, -0.2) is 17.5 Å². The molecule has 0 aliphatic carbocycles. The van der Waals surface area contributed by atoms with Crippen molar-refractivity contribution in [3.05, 3.63) is 84.2 Å². The fraction of sp³-hybridized carbons (Fsp3) is 0.130. The fourth-order valence-electron chi connectivity index (χ4n) is 3.23. The standard InChI is InChI=1S/C23H19N3O2/c1-2-3-16-28-19-10-8-17(9-11-19)22-25-21-7-5-4-6-20(21)23(27)26(22)18-12-14-24-15-13-18/h1,4-15,22,25H,3,16H2. The highest BCUT2D eigenvalue weighted by atomic mass is 16.5. The molecule has 3 aromatic rings. The van der Waals surface area contributed by atoms with Gasteiger partial charge in [0.15, 0.2) is 0 Å². The Balaban J connectivity index is 1.69.